The van der Waals surface area contributed by atoms with Crippen LogP contribution < -0.4 is 9.62 Å². The van der Waals surface area contributed by atoms with Crippen LogP contribution in [0.5, 0.6) is 0 Å². The Morgan fingerprint density at radius 1 is 0.919 bits per heavy atom. The van der Waals surface area contributed by atoms with Crippen LogP contribution in [-0.4, -0.2) is 46.4 Å². The van der Waals surface area contributed by atoms with Crippen LogP contribution in [0.1, 0.15) is 28.8 Å². The number of hydrogen-bond donors (Lipinski definition) is 1. The number of nitrogens with zero attached hydrogens (tertiary/aromatic N) is 2. The monoisotopic (exact) mass is 581 g/mol. The zero-order chi connectivity index (χ0) is 26.8. The van der Waals surface area contributed by atoms with Gasteiger partial charge in [0, 0.05) is 24.3 Å². The van der Waals surface area contributed by atoms with Gasteiger partial charge in [0.05, 0.1) is 33.4 Å². The molecule has 1 N–H and O–H groups in total. The largest absolute Gasteiger partial charge is 0.322 e. The van der Waals surface area contributed by atoms with E-state index < -0.39 is 20.0 Å². The summed E-state index contributed by atoms with van der Waals surface area (Å²) in [4.78, 5) is 12.9. The number of sulfonamides is 2. The van der Waals surface area contributed by atoms with Crippen LogP contribution in [0.15, 0.2) is 71.6 Å². The second-order valence-electron chi connectivity index (χ2n) is 8.63. The summed E-state index contributed by atoms with van der Waals surface area (Å²) >= 11 is 12.3. The van der Waals surface area contributed by atoms with Crippen molar-refractivity contribution in [2.24, 2.45) is 0 Å². The van der Waals surface area contributed by atoms with Gasteiger partial charge in [0.15, 0.2) is 0 Å². The number of carbonyl (C=O) groups is 1. The fourth-order valence-electron chi connectivity index (χ4n) is 3.98. The average molecular weight is 583 g/mol. The smallest absolute Gasteiger partial charge is 0.255 e. The summed E-state index contributed by atoms with van der Waals surface area (Å²) in [6, 6.07) is 17.3. The zero-order valence-electron chi connectivity index (χ0n) is 19.9. The zero-order valence-corrected chi connectivity index (χ0v) is 23.0. The Balaban J connectivity index is 1.45. The second-order valence-corrected chi connectivity index (χ2v) is 13.3. The molecule has 0 saturated carbocycles. The molecule has 0 radical (unpaired) electrons. The van der Waals surface area contributed by atoms with Crippen molar-refractivity contribution in [2.45, 2.75) is 24.3 Å². The van der Waals surface area contributed by atoms with E-state index in [2.05, 4.69) is 5.32 Å². The summed E-state index contributed by atoms with van der Waals surface area (Å²) in [5, 5.41) is 3.11. The highest BCUT2D eigenvalue weighted by Crippen LogP contribution is 2.34. The Morgan fingerprint density at radius 2 is 1.54 bits per heavy atom. The molecule has 3 aromatic carbocycles. The van der Waals surface area contributed by atoms with Gasteiger partial charge in [-0.3, -0.25) is 9.10 Å². The molecular weight excluding hydrogens is 557 g/mol. The van der Waals surface area contributed by atoms with Crippen LogP contribution in [0.4, 0.5) is 11.4 Å². The van der Waals surface area contributed by atoms with Gasteiger partial charge in [-0.1, -0.05) is 41.4 Å². The SMILES string of the molecule is CS(=O)(=O)N(Cc1ccc(C(=O)Nc2ccc(S(=O)(=O)N3CCCC3)cc2)cc1)c1cccc(Cl)c1Cl. The first-order chi connectivity index (χ1) is 17.5. The molecule has 1 amide bonds. The van der Waals surface area contributed by atoms with Crippen LogP contribution >= 0.6 is 23.2 Å². The van der Waals surface area contributed by atoms with E-state index in [9.17, 15) is 21.6 Å². The quantitative estimate of drug-likeness (QED) is 0.403. The first-order valence-electron chi connectivity index (χ1n) is 11.4. The second kappa shape index (κ2) is 11.0. The highest BCUT2D eigenvalue weighted by Gasteiger charge is 2.27. The van der Waals surface area contributed by atoms with E-state index >= 15 is 0 Å². The summed E-state index contributed by atoms with van der Waals surface area (Å²) < 4.78 is 52.9. The lowest BCUT2D eigenvalue weighted by Crippen LogP contribution is -2.29. The van der Waals surface area contributed by atoms with E-state index in [1.54, 1.807) is 54.6 Å². The maximum absolute atomic E-state index is 12.7. The van der Waals surface area contributed by atoms with Crippen molar-refractivity contribution in [3.05, 3.63) is 87.9 Å². The molecule has 1 aliphatic heterocycles. The first kappa shape index (κ1) is 27.4. The predicted molar refractivity (Wildman–Crippen MR) is 146 cm³/mol. The van der Waals surface area contributed by atoms with Gasteiger partial charge in [0.1, 0.15) is 0 Å². The lowest BCUT2D eigenvalue weighted by Gasteiger charge is -2.24. The van der Waals surface area contributed by atoms with Gasteiger partial charge in [-0.25, -0.2) is 16.8 Å². The molecule has 4 rings (SSSR count). The van der Waals surface area contributed by atoms with Crippen molar-refractivity contribution in [2.75, 3.05) is 29.0 Å². The normalized spacial score (nSPS) is 14.5. The Morgan fingerprint density at radius 3 is 2.14 bits per heavy atom. The third-order valence-electron chi connectivity index (χ3n) is 5.96. The molecule has 0 atom stereocenters. The number of nitrogens with one attached hydrogen (secondary N) is 1. The summed E-state index contributed by atoms with van der Waals surface area (Å²) in [6.45, 7) is 1.03. The summed E-state index contributed by atoms with van der Waals surface area (Å²) in [5.74, 6) is -0.389. The van der Waals surface area contributed by atoms with E-state index in [1.807, 2.05) is 0 Å². The third-order valence-corrected chi connectivity index (χ3v) is 9.81. The minimum Gasteiger partial charge on any atom is -0.322 e. The van der Waals surface area contributed by atoms with Crippen LogP contribution in [0.25, 0.3) is 0 Å². The molecule has 1 aliphatic rings. The molecule has 3 aromatic rings. The van der Waals surface area contributed by atoms with Crippen molar-refractivity contribution in [3.8, 4) is 0 Å². The third kappa shape index (κ3) is 6.27. The highest BCUT2D eigenvalue weighted by molar-refractivity contribution is 7.92. The van der Waals surface area contributed by atoms with Gasteiger partial charge in [0.2, 0.25) is 20.0 Å². The van der Waals surface area contributed by atoms with E-state index in [4.69, 9.17) is 23.2 Å². The van der Waals surface area contributed by atoms with Crippen molar-refractivity contribution in [1.29, 1.82) is 0 Å². The maximum Gasteiger partial charge on any atom is 0.255 e. The first-order valence-corrected chi connectivity index (χ1v) is 15.4. The molecule has 0 bridgehead atoms. The Hall–Kier alpha value is -2.63. The minimum absolute atomic E-state index is 0.00620. The van der Waals surface area contributed by atoms with Crippen LogP contribution in [0.3, 0.4) is 0 Å². The van der Waals surface area contributed by atoms with Crippen molar-refractivity contribution in [1.82, 2.24) is 4.31 Å². The minimum atomic E-state index is -3.68. The molecule has 0 aliphatic carbocycles. The molecule has 1 fully saturated rings. The molecule has 0 aromatic heterocycles. The van der Waals surface area contributed by atoms with Gasteiger partial charge >= 0.3 is 0 Å². The fourth-order valence-corrected chi connectivity index (χ4v) is 6.84. The molecule has 1 saturated heterocycles. The molecule has 37 heavy (non-hydrogen) atoms. The van der Waals surface area contributed by atoms with Crippen molar-refractivity contribution < 1.29 is 21.6 Å². The molecule has 8 nitrogen and oxygen atoms in total. The van der Waals surface area contributed by atoms with Gasteiger partial charge < -0.3 is 5.32 Å². The van der Waals surface area contributed by atoms with E-state index in [1.165, 1.54) is 16.4 Å². The maximum atomic E-state index is 12.7. The fraction of sp³-hybridized carbons (Fsp3) is 0.240. The number of hydrogen-bond acceptors (Lipinski definition) is 5. The number of carbonyl (C=O) groups excluding carboxylic acids is 1. The molecule has 1 heterocycles. The summed E-state index contributed by atoms with van der Waals surface area (Å²) in [5.41, 5.74) is 1.70. The Labute approximate surface area is 226 Å². The summed E-state index contributed by atoms with van der Waals surface area (Å²) in [6.07, 6.45) is 2.79. The lowest BCUT2D eigenvalue weighted by atomic mass is 10.1. The average Bonchev–Trinajstić information content (AvgIpc) is 3.41. The van der Waals surface area contributed by atoms with Gasteiger partial charge in [-0.15, -0.1) is 0 Å². The van der Waals surface area contributed by atoms with Gasteiger partial charge in [-0.2, -0.15) is 4.31 Å². The molecule has 12 heteroatoms. The van der Waals surface area contributed by atoms with Gasteiger partial charge in [-0.05, 0) is 66.9 Å². The van der Waals surface area contributed by atoms with Gasteiger partial charge in [0.25, 0.3) is 5.91 Å². The lowest BCUT2D eigenvalue weighted by molar-refractivity contribution is 0.102. The number of amides is 1. The van der Waals surface area contributed by atoms with Crippen LogP contribution in [-0.2, 0) is 26.6 Å². The number of halogens is 2. The Bertz CT molecular complexity index is 1500. The molecular formula is C25H25Cl2N3O5S2. The molecule has 0 spiro atoms. The standard InChI is InChI=1S/C25H25Cl2N3O5S2/c1-36(32,33)30(23-6-4-5-22(26)24(23)27)17-18-7-9-19(10-8-18)25(31)28-20-11-13-21(14-12-20)37(34,35)29-15-2-3-16-29/h4-14H,2-3,15-17H2,1H3,(H,28,31). The summed E-state index contributed by atoms with van der Waals surface area (Å²) in [7, 11) is -7.21. The Kier molecular flexibility index (Phi) is 8.15. The molecule has 196 valence electrons. The predicted octanol–water partition coefficient (Wildman–Crippen LogP) is 5.00. The van der Waals surface area contributed by atoms with Crippen molar-refractivity contribution >= 4 is 60.5 Å². The van der Waals surface area contributed by atoms with Crippen LogP contribution in [0.2, 0.25) is 10.0 Å². The highest BCUT2D eigenvalue weighted by atomic mass is 35.5. The number of anilines is 2. The van der Waals surface area contributed by atoms with E-state index in [-0.39, 0.29) is 33.1 Å². The van der Waals surface area contributed by atoms with Crippen molar-refractivity contribution in [3.63, 3.8) is 0 Å². The molecule has 0 unspecified atom stereocenters. The number of benzene rings is 3. The number of rotatable bonds is 8. The van der Waals surface area contributed by atoms with E-state index in [0.29, 0.717) is 29.9 Å². The topological polar surface area (TPSA) is 104 Å². The van der Waals surface area contributed by atoms with E-state index in [0.717, 1.165) is 23.4 Å². The van der Waals surface area contributed by atoms with Crippen LogP contribution in [0, 0.1) is 0 Å².